The fraction of sp³-hybridized carbons (Fsp3) is 0.150. The van der Waals surface area contributed by atoms with Crippen LogP contribution in [0.15, 0.2) is 64.4 Å². The molecule has 0 aliphatic rings. The summed E-state index contributed by atoms with van der Waals surface area (Å²) in [6.07, 6.45) is 1.47. The highest BCUT2D eigenvalue weighted by atomic mass is 32.2. The molecule has 0 atom stereocenters. The molecule has 0 saturated carbocycles. The topological polar surface area (TPSA) is 85.6 Å². The third kappa shape index (κ3) is 3.88. The standard InChI is InChI=1S/C20H19NO5S/c1-4-11-25-20(22)19-14(3)26-18-10-7-15(12-17(18)19)21-27(23,24)16-8-5-13(2)6-9-16/h4-10,12,21H,1,11H2,2-3H3. The maximum Gasteiger partial charge on any atom is 0.342 e. The lowest BCUT2D eigenvalue weighted by Gasteiger charge is -2.08. The molecule has 0 amide bonds. The number of nitrogens with one attached hydrogen (secondary N) is 1. The van der Waals surface area contributed by atoms with Crippen LogP contribution in [0.1, 0.15) is 21.7 Å². The van der Waals surface area contributed by atoms with Crippen LogP contribution in [0, 0.1) is 13.8 Å². The van der Waals surface area contributed by atoms with Gasteiger partial charge in [0.05, 0.1) is 4.90 Å². The zero-order valence-electron chi connectivity index (χ0n) is 15.0. The first kappa shape index (κ1) is 18.7. The van der Waals surface area contributed by atoms with Gasteiger partial charge in [0.25, 0.3) is 10.0 Å². The van der Waals surface area contributed by atoms with Crippen LogP contribution in [0.5, 0.6) is 0 Å². The van der Waals surface area contributed by atoms with Gasteiger partial charge in [-0.2, -0.15) is 0 Å². The Hall–Kier alpha value is -3.06. The lowest BCUT2D eigenvalue weighted by molar-refractivity contribution is 0.0550. The van der Waals surface area contributed by atoms with Crippen molar-refractivity contribution in [3.63, 3.8) is 0 Å². The van der Waals surface area contributed by atoms with Crippen molar-refractivity contribution in [3.8, 4) is 0 Å². The van der Waals surface area contributed by atoms with Gasteiger partial charge in [-0.25, -0.2) is 13.2 Å². The second-order valence-electron chi connectivity index (χ2n) is 6.05. The number of esters is 1. The first-order valence-electron chi connectivity index (χ1n) is 8.22. The molecule has 0 unspecified atom stereocenters. The van der Waals surface area contributed by atoms with Crippen LogP contribution in [0.4, 0.5) is 5.69 Å². The highest BCUT2D eigenvalue weighted by Gasteiger charge is 2.21. The Morgan fingerprint density at radius 1 is 1.19 bits per heavy atom. The van der Waals surface area contributed by atoms with E-state index in [2.05, 4.69) is 11.3 Å². The van der Waals surface area contributed by atoms with Crippen LogP contribution in [0.25, 0.3) is 11.0 Å². The molecule has 1 aromatic heterocycles. The number of sulfonamides is 1. The Morgan fingerprint density at radius 2 is 1.89 bits per heavy atom. The van der Waals surface area contributed by atoms with E-state index in [-0.39, 0.29) is 17.1 Å². The van der Waals surface area contributed by atoms with Crippen molar-refractivity contribution in [1.82, 2.24) is 0 Å². The SMILES string of the molecule is C=CCOC(=O)c1c(C)oc2ccc(NS(=O)(=O)c3ccc(C)cc3)cc12. The molecule has 3 rings (SSSR count). The minimum atomic E-state index is -3.75. The molecule has 1 N–H and O–H groups in total. The fourth-order valence-corrected chi connectivity index (χ4v) is 3.72. The second-order valence-corrected chi connectivity index (χ2v) is 7.73. The number of fused-ring (bicyclic) bond motifs is 1. The first-order chi connectivity index (χ1) is 12.8. The molecule has 0 aliphatic carbocycles. The van der Waals surface area contributed by atoms with Crippen LogP contribution in [-0.4, -0.2) is 21.0 Å². The van der Waals surface area contributed by atoms with E-state index in [0.717, 1.165) is 5.56 Å². The number of carbonyl (C=O) groups is 1. The molecule has 1 heterocycles. The van der Waals surface area contributed by atoms with Crippen LogP contribution in [0.3, 0.4) is 0 Å². The molecule has 0 saturated heterocycles. The van der Waals surface area contributed by atoms with Crippen LogP contribution in [0.2, 0.25) is 0 Å². The van der Waals surface area contributed by atoms with Crippen molar-refractivity contribution in [2.45, 2.75) is 18.7 Å². The number of carbonyl (C=O) groups excluding carboxylic acids is 1. The van der Waals surface area contributed by atoms with Gasteiger partial charge in [0.1, 0.15) is 23.5 Å². The second kappa shape index (κ2) is 7.28. The van der Waals surface area contributed by atoms with Gasteiger partial charge in [-0.05, 0) is 44.2 Å². The van der Waals surface area contributed by atoms with E-state index < -0.39 is 16.0 Å². The van der Waals surface area contributed by atoms with Gasteiger partial charge in [-0.1, -0.05) is 30.4 Å². The molecule has 27 heavy (non-hydrogen) atoms. The predicted molar refractivity (Wildman–Crippen MR) is 103 cm³/mol. The molecule has 0 radical (unpaired) electrons. The quantitative estimate of drug-likeness (QED) is 0.508. The predicted octanol–water partition coefficient (Wildman–Crippen LogP) is 4.19. The van der Waals surface area contributed by atoms with Gasteiger partial charge < -0.3 is 9.15 Å². The maximum atomic E-state index is 12.6. The third-order valence-electron chi connectivity index (χ3n) is 3.98. The summed E-state index contributed by atoms with van der Waals surface area (Å²) in [7, 11) is -3.75. The number of hydrogen-bond acceptors (Lipinski definition) is 5. The van der Waals surface area contributed by atoms with Gasteiger partial charge in [-0.15, -0.1) is 0 Å². The van der Waals surface area contributed by atoms with E-state index in [1.165, 1.54) is 18.2 Å². The Morgan fingerprint density at radius 3 is 2.56 bits per heavy atom. The number of hydrogen-bond donors (Lipinski definition) is 1. The number of rotatable bonds is 6. The number of benzene rings is 2. The van der Waals surface area contributed by atoms with Crippen molar-refractivity contribution in [2.24, 2.45) is 0 Å². The van der Waals surface area contributed by atoms with Gasteiger partial charge in [0.15, 0.2) is 0 Å². The number of ether oxygens (including phenoxy) is 1. The molecule has 6 nitrogen and oxygen atoms in total. The summed E-state index contributed by atoms with van der Waals surface area (Å²) in [4.78, 5) is 12.4. The molecule has 0 spiro atoms. The van der Waals surface area contributed by atoms with Crippen molar-refractivity contribution in [2.75, 3.05) is 11.3 Å². The average molecular weight is 385 g/mol. The van der Waals surface area contributed by atoms with Gasteiger partial charge in [0.2, 0.25) is 0 Å². The molecule has 0 bridgehead atoms. The summed E-state index contributed by atoms with van der Waals surface area (Å²) in [6, 6.07) is 11.3. The smallest absolute Gasteiger partial charge is 0.342 e. The zero-order valence-corrected chi connectivity index (χ0v) is 15.8. The van der Waals surface area contributed by atoms with E-state index in [1.807, 2.05) is 6.92 Å². The van der Waals surface area contributed by atoms with Gasteiger partial charge >= 0.3 is 5.97 Å². The van der Waals surface area contributed by atoms with E-state index in [1.54, 1.807) is 37.3 Å². The van der Waals surface area contributed by atoms with Crippen molar-refractivity contribution >= 4 is 32.6 Å². The Kier molecular flexibility index (Phi) is 5.05. The summed E-state index contributed by atoms with van der Waals surface area (Å²) in [5, 5.41) is 0.477. The Balaban J connectivity index is 1.97. The molecular weight excluding hydrogens is 366 g/mol. The van der Waals surface area contributed by atoms with E-state index in [4.69, 9.17) is 9.15 Å². The first-order valence-corrected chi connectivity index (χ1v) is 9.71. The normalized spacial score (nSPS) is 11.3. The number of anilines is 1. The van der Waals surface area contributed by atoms with E-state index in [9.17, 15) is 13.2 Å². The molecular formula is C20H19NO5S. The minimum Gasteiger partial charge on any atom is -0.460 e. The summed E-state index contributed by atoms with van der Waals surface area (Å²) in [6.45, 7) is 7.12. The van der Waals surface area contributed by atoms with Crippen LogP contribution < -0.4 is 4.72 Å². The van der Waals surface area contributed by atoms with Crippen molar-refractivity contribution in [1.29, 1.82) is 0 Å². The lowest BCUT2D eigenvalue weighted by atomic mass is 10.1. The van der Waals surface area contributed by atoms with Crippen LogP contribution >= 0.6 is 0 Å². The van der Waals surface area contributed by atoms with E-state index in [0.29, 0.717) is 22.4 Å². The Bertz CT molecular complexity index is 1110. The summed E-state index contributed by atoms with van der Waals surface area (Å²) < 4.78 is 38.4. The summed E-state index contributed by atoms with van der Waals surface area (Å²) in [5.74, 6) is -0.151. The average Bonchev–Trinajstić information content (AvgIpc) is 2.95. The lowest BCUT2D eigenvalue weighted by Crippen LogP contribution is -2.13. The fourth-order valence-electron chi connectivity index (χ4n) is 2.68. The monoisotopic (exact) mass is 385 g/mol. The van der Waals surface area contributed by atoms with Crippen molar-refractivity contribution < 1.29 is 22.4 Å². The van der Waals surface area contributed by atoms with E-state index >= 15 is 0 Å². The van der Waals surface area contributed by atoms with Crippen molar-refractivity contribution in [3.05, 3.63) is 72.0 Å². The third-order valence-corrected chi connectivity index (χ3v) is 5.38. The zero-order chi connectivity index (χ0) is 19.6. The van der Waals surface area contributed by atoms with Gasteiger partial charge in [-0.3, -0.25) is 4.72 Å². The Labute approximate surface area is 157 Å². The summed E-state index contributed by atoms with van der Waals surface area (Å²) in [5.41, 5.74) is 2.02. The molecule has 0 aliphatic heterocycles. The number of furan rings is 1. The molecule has 2 aromatic carbocycles. The highest BCUT2D eigenvalue weighted by Crippen LogP contribution is 2.29. The maximum absolute atomic E-state index is 12.6. The highest BCUT2D eigenvalue weighted by molar-refractivity contribution is 7.92. The largest absolute Gasteiger partial charge is 0.460 e. The minimum absolute atomic E-state index is 0.0741. The molecule has 0 fully saturated rings. The van der Waals surface area contributed by atoms with Gasteiger partial charge in [0, 0.05) is 11.1 Å². The summed E-state index contributed by atoms with van der Waals surface area (Å²) >= 11 is 0. The molecule has 7 heteroatoms. The number of aryl methyl sites for hydroxylation is 2. The molecule has 140 valence electrons. The van der Waals surface area contributed by atoms with Crippen LogP contribution in [-0.2, 0) is 14.8 Å². The molecule has 3 aromatic rings.